The van der Waals surface area contributed by atoms with Crippen molar-refractivity contribution in [3.8, 4) is 0 Å². The summed E-state index contributed by atoms with van der Waals surface area (Å²) in [4.78, 5) is 12.6. The molecule has 0 aliphatic carbocycles. The topological polar surface area (TPSA) is 66.5 Å². The molecular weight excluding hydrogens is 435 g/mol. The summed E-state index contributed by atoms with van der Waals surface area (Å²) in [5.74, 6) is -1.05. The van der Waals surface area contributed by atoms with Gasteiger partial charge < -0.3 is 5.32 Å². The van der Waals surface area contributed by atoms with E-state index in [0.717, 1.165) is 22.2 Å². The Balaban J connectivity index is 1.64. The predicted molar refractivity (Wildman–Crippen MR) is 104 cm³/mol. The maximum absolute atomic E-state index is 13.1. The lowest BCUT2D eigenvalue weighted by molar-refractivity contribution is -0.126. The Labute approximate surface area is 166 Å². The van der Waals surface area contributed by atoms with Crippen LogP contribution < -0.4 is 5.32 Å². The van der Waals surface area contributed by atoms with Gasteiger partial charge in [-0.25, -0.2) is 12.8 Å². The van der Waals surface area contributed by atoms with Gasteiger partial charge in [-0.05, 0) is 54.8 Å². The van der Waals surface area contributed by atoms with Gasteiger partial charge in [0.1, 0.15) is 5.82 Å². The fourth-order valence-electron chi connectivity index (χ4n) is 3.11. The van der Waals surface area contributed by atoms with Crippen molar-refractivity contribution in [1.82, 2.24) is 9.62 Å². The molecule has 1 atom stereocenters. The Morgan fingerprint density at radius 3 is 2.67 bits per heavy atom. The summed E-state index contributed by atoms with van der Waals surface area (Å²) in [6.07, 6.45) is 1.25. The predicted octanol–water partition coefficient (Wildman–Crippen LogP) is 3.31. The average molecular weight is 455 g/mol. The monoisotopic (exact) mass is 454 g/mol. The lowest BCUT2D eigenvalue weighted by atomic mass is 9.99. The molecule has 1 fully saturated rings. The number of benzene rings is 2. The second-order valence-electron chi connectivity index (χ2n) is 6.50. The lowest BCUT2D eigenvalue weighted by Gasteiger charge is -2.31. The summed E-state index contributed by atoms with van der Waals surface area (Å²) in [6, 6.07) is 12.4. The van der Waals surface area contributed by atoms with Crippen molar-refractivity contribution in [3.63, 3.8) is 0 Å². The largest absolute Gasteiger partial charge is 0.352 e. The zero-order chi connectivity index (χ0) is 19.4. The Kier molecular flexibility index (Phi) is 6.29. The maximum atomic E-state index is 13.1. The number of hydrogen-bond donors (Lipinski definition) is 1. The van der Waals surface area contributed by atoms with Crippen LogP contribution in [0.1, 0.15) is 18.4 Å². The molecule has 2 aromatic carbocycles. The quantitative estimate of drug-likeness (QED) is 0.753. The van der Waals surface area contributed by atoms with Crippen LogP contribution in [-0.4, -0.2) is 31.7 Å². The van der Waals surface area contributed by atoms with Gasteiger partial charge in [0.2, 0.25) is 15.9 Å². The third-order valence-electron chi connectivity index (χ3n) is 4.56. The average Bonchev–Trinajstić information content (AvgIpc) is 2.66. The number of carbonyl (C=O) groups excluding carboxylic acids is 1. The molecule has 2 aromatic rings. The minimum absolute atomic E-state index is 0.0408. The fraction of sp³-hybridized carbons (Fsp3) is 0.316. The first-order chi connectivity index (χ1) is 12.9. The van der Waals surface area contributed by atoms with E-state index < -0.39 is 21.8 Å². The van der Waals surface area contributed by atoms with Gasteiger partial charge >= 0.3 is 0 Å². The van der Waals surface area contributed by atoms with Gasteiger partial charge in [-0.15, -0.1) is 0 Å². The van der Waals surface area contributed by atoms with Crippen LogP contribution in [0, 0.1) is 11.7 Å². The summed E-state index contributed by atoms with van der Waals surface area (Å²) in [6.45, 7) is 0.874. The van der Waals surface area contributed by atoms with Crippen LogP contribution in [0.25, 0.3) is 0 Å². The van der Waals surface area contributed by atoms with E-state index in [1.54, 1.807) is 0 Å². The molecule has 0 spiro atoms. The highest BCUT2D eigenvalue weighted by Gasteiger charge is 2.33. The fourth-order valence-corrected chi connectivity index (χ4v) is 5.08. The highest BCUT2D eigenvalue weighted by atomic mass is 79.9. The molecule has 1 aliphatic heterocycles. The van der Waals surface area contributed by atoms with Crippen molar-refractivity contribution in [2.75, 3.05) is 13.1 Å². The molecule has 1 aliphatic rings. The molecule has 0 saturated carbocycles. The molecule has 1 heterocycles. The third kappa shape index (κ3) is 4.94. The van der Waals surface area contributed by atoms with Crippen molar-refractivity contribution < 1.29 is 17.6 Å². The number of halogens is 2. The Hall–Kier alpha value is -1.77. The second-order valence-corrected chi connectivity index (χ2v) is 9.36. The Morgan fingerprint density at radius 1 is 1.22 bits per heavy atom. The number of sulfonamides is 1. The van der Waals surface area contributed by atoms with E-state index in [1.807, 2.05) is 24.3 Å². The Bertz CT molecular complexity index is 919. The Morgan fingerprint density at radius 2 is 1.96 bits per heavy atom. The van der Waals surface area contributed by atoms with Gasteiger partial charge in [0, 0.05) is 24.1 Å². The van der Waals surface area contributed by atoms with E-state index in [2.05, 4.69) is 21.2 Å². The number of rotatable bonds is 5. The van der Waals surface area contributed by atoms with Crippen LogP contribution in [0.3, 0.4) is 0 Å². The zero-order valence-electron chi connectivity index (χ0n) is 14.6. The SMILES string of the molecule is O=C(NCc1cccc(Br)c1)C1CCCN(S(=O)(=O)c2ccc(F)cc2)C1. The standard InChI is InChI=1S/C19H20BrFN2O3S/c20-16-5-1-3-14(11-16)12-22-19(24)15-4-2-10-23(13-15)27(25,26)18-8-6-17(21)7-9-18/h1,3,5-9,11,15H,2,4,10,12-13H2,(H,22,24). The number of carbonyl (C=O) groups is 1. The van der Waals surface area contributed by atoms with Crippen LogP contribution in [0.4, 0.5) is 4.39 Å². The van der Waals surface area contributed by atoms with Gasteiger partial charge in [-0.1, -0.05) is 28.1 Å². The molecule has 0 radical (unpaired) electrons. The number of nitrogens with one attached hydrogen (secondary N) is 1. The van der Waals surface area contributed by atoms with E-state index in [0.29, 0.717) is 25.9 Å². The van der Waals surface area contributed by atoms with Crippen LogP contribution in [0.2, 0.25) is 0 Å². The highest BCUT2D eigenvalue weighted by Crippen LogP contribution is 2.24. The summed E-state index contributed by atoms with van der Waals surface area (Å²) in [5, 5.41) is 2.88. The summed E-state index contributed by atoms with van der Waals surface area (Å²) >= 11 is 3.39. The van der Waals surface area contributed by atoms with Crippen LogP contribution in [0.5, 0.6) is 0 Å². The molecule has 27 heavy (non-hydrogen) atoms. The smallest absolute Gasteiger partial charge is 0.243 e. The molecule has 0 bridgehead atoms. The molecule has 1 N–H and O–H groups in total. The maximum Gasteiger partial charge on any atom is 0.243 e. The van der Waals surface area contributed by atoms with Gasteiger partial charge in [-0.3, -0.25) is 4.79 Å². The molecule has 3 rings (SSSR count). The molecular formula is C19H20BrFN2O3S. The second kappa shape index (κ2) is 8.50. The number of piperidine rings is 1. The highest BCUT2D eigenvalue weighted by molar-refractivity contribution is 9.10. The lowest BCUT2D eigenvalue weighted by Crippen LogP contribution is -2.45. The number of nitrogens with zero attached hydrogens (tertiary/aromatic N) is 1. The molecule has 1 unspecified atom stereocenters. The van der Waals surface area contributed by atoms with Gasteiger partial charge in [-0.2, -0.15) is 4.31 Å². The van der Waals surface area contributed by atoms with E-state index in [-0.39, 0.29) is 17.3 Å². The number of hydrogen-bond acceptors (Lipinski definition) is 3. The van der Waals surface area contributed by atoms with Gasteiger partial charge in [0.15, 0.2) is 0 Å². The third-order valence-corrected chi connectivity index (χ3v) is 6.93. The number of amides is 1. The summed E-state index contributed by atoms with van der Waals surface area (Å²) in [5.41, 5.74) is 0.962. The molecule has 1 amide bonds. The first-order valence-corrected chi connectivity index (χ1v) is 10.9. The van der Waals surface area contributed by atoms with Crippen molar-refractivity contribution in [3.05, 3.63) is 64.4 Å². The van der Waals surface area contributed by atoms with Crippen molar-refractivity contribution >= 4 is 31.9 Å². The van der Waals surface area contributed by atoms with Crippen LogP contribution in [0.15, 0.2) is 57.9 Å². The molecule has 5 nitrogen and oxygen atoms in total. The minimum atomic E-state index is -3.74. The van der Waals surface area contributed by atoms with Crippen molar-refractivity contribution in [2.45, 2.75) is 24.3 Å². The van der Waals surface area contributed by atoms with E-state index >= 15 is 0 Å². The molecule has 8 heteroatoms. The first-order valence-electron chi connectivity index (χ1n) is 8.64. The van der Waals surface area contributed by atoms with Gasteiger partial charge in [0.05, 0.1) is 10.8 Å². The van der Waals surface area contributed by atoms with Crippen LogP contribution >= 0.6 is 15.9 Å². The van der Waals surface area contributed by atoms with Crippen LogP contribution in [-0.2, 0) is 21.4 Å². The normalized spacial score (nSPS) is 18.2. The minimum Gasteiger partial charge on any atom is -0.352 e. The van der Waals surface area contributed by atoms with Crippen molar-refractivity contribution in [1.29, 1.82) is 0 Å². The zero-order valence-corrected chi connectivity index (χ0v) is 17.0. The van der Waals surface area contributed by atoms with E-state index in [9.17, 15) is 17.6 Å². The summed E-state index contributed by atoms with van der Waals surface area (Å²) in [7, 11) is -3.74. The van der Waals surface area contributed by atoms with E-state index in [4.69, 9.17) is 0 Å². The molecule has 144 valence electrons. The van der Waals surface area contributed by atoms with E-state index in [1.165, 1.54) is 16.4 Å². The molecule has 0 aromatic heterocycles. The van der Waals surface area contributed by atoms with Gasteiger partial charge in [0.25, 0.3) is 0 Å². The van der Waals surface area contributed by atoms with Crippen molar-refractivity contribution in [2.24, 2.45) is 5.92 Å². The molecule has 1 saturated heterocycles. The summed E-state index contributed by atoms with van der Waals surface area (Å²) < 4.78 is 40.8. The first kappa shape index (κ1) is 20.0.